The zero-order valence-electron chi connectivity index (χ0n) is 7.99. The van der Waals surface area contributed by atoms with Gasteiger partial charge in [0, 0.05) is 9.90 Å². The molecule has 78 valence electrons. The number of halogens is 2. The van der Waals surface area contributed by atoms with Gasteiger partial charge in [0.1, 0.15) is 0 Å². The topological polar surface area (TPSA) is 0 Å². The number of hydrogen-bond acceptors (Lipinski definition) is 1. The van der Waals surface area contributed by atoms with Crippen molar-refractivity contribution in [3.05, 3.63) is 57.2 Å². The maximum absolute atomic E-state index is 6.31. The molecule has 0 aliphatic rings. The minimum absolute atomic E-state index is 0.0184. The highest BCUT2D eigenvalue weighted by Gasteiger charge is 2.11. The smallest absolute Gasteiger partial charge is 0.0719 e. The van der Waals surface area contributed by atoms with Crippen molar-refractivity contribution in [2.24, 2.45) is 0 Å². The normalized spacial score (nSPS) is 12.7. The number of rotatable bonds is 3. The Morgan fingerprint density at radius 2 is 1.93 bits per heavy atom. The van der Waals surface area contributed by atoms with Crippen LogP contribution in [0.25, 0.3) is 0 Å². The van der Waals surface area contributed by atoms with E-state index >= 15 is 0 Å². The highest BCUT2D eigenvalue weighted by molar-refractivity contribution is 7.10. The monoisotopic (exact) mass is 256 g/mol. The van der Waals surface area contributed by atoms with Gasteiger partial charge in [-0.3, -0.25) is 0 Å². The summed E-state index contributed by atoms with van der Waals surface area (Å²) in [4.78, 5) is 1.19. The van der Waals surface area contributed by atoms with Crippen molar-refractivity contribution in [3.8, 4) is 0 Å². The third kappa shape index (κ3) is 2.75. The zero-order valence-corrected chi connectivity index (χ0v) is 10.3. The molecule has 0 aliphatic heterocycles. The van der Waals surface area contributed by atoms with Crippen LogP contribution in [0.1, 0.15) is 15.8 Å². The average Bonchev–Trinajstić information content (AvgIpc) is 2.74. The first kappa shape index (κ1) is 11.0. The second-order valence-corrected chi connectivity index (χ2v) is 5.19. The maximum atomic E-state index is 6.31. The van der Waals surface area contributed by atoms with Gasteiger partial charge < -0.3 is 0 Å². The lowest BCUT2D eigenvalue weighted by atomic mass is 10.1. The van der Waals surface area contributed by atoms with Crippen LogP contribution >= 0.6 is 34.5 Å². The van der Waals surface area contributed by atoms with E-state index in [0.717, 1.165) is 17.0 Å². The summed E-state index contributed by atoms with van der Waals surface area (Å²) in [6.07, 6.45) is 0.780. The lowest BCUT2D eigenvalue weighted by Crippen LogP contribution is -1.93. The highest BCUT2D eigenvalue weighted by Crippen LogP contribution is 2.30. The molecule has 0 bridgehead atoms. The Balaban J connectivity index is 2.13. The minimum Gasteiger partial charge on any atom is -0.147 e. The lowest BCUT2D eigenvalue weighted by molar-refractivity contribution is 0.940. The summed E-state index contributed by atoms with van der Waals surface area (Å²) in [7, 11) is 0. The average molecular weight is 257 g/mol. The van der Waals surface area contributed by atoms with Gasteiger partial charge in [0.15, 0.2) is 0 Å². The standard InChI is InChI=1S/C12H10Cl2S/c13-10-5-2-1-4-9(10)8-11(14)12-6-3-7-15-12/h1-7,11H,8H2. The fraction of sp³-hybridized carbons (Fsp3) is 0.167. The Kier molecular flexibility index (Phi) is 3.68. The van der Waals surface area contributed by atoms with Gasteiger partial charge in [0.2, 0.25) is 0 Å². The Labute approximate surface area is 103 Å². The van der Waals surface area contributed by atoms with E-state index in [2.05, 4.69) is 6.07 Å². The molecule has 0 N–H and O–H groups in total. The van der Waals surface area contributed by atoms with Crippen LogP contribution in [0.5, 0.6) is 0 Å². The first-order chi connectivity index (χ1) is 7.27. The van der Waals surface area contributed by atoms with E-state index in [1.54, 1.807) is 11.3 Å². The van der Waals surface area contributed by atoms with Crippen molar-refractivity contribution in [3.63, 3.8) is 0 Å². The molecule has 0 fully saturated rings. The van der Waals surface area contributed by atoms with E-state index in [-0.39, 0.29) is 5.38 Å². The minimum atomic E-state index is 0.0184. The Morgan fingerprint density at radius 3 is 2.60 bits per heavy atom. The van der Waals surface area contributed by atoms with Crippen molar-refractivity contribution in [1.82, 2.24) is 0 Å². The largest absolute Gasteiger partial charge is 0.147 e. The molecule has 15 heavy (non-hydrogen) atoms. The van der Waals surface area contributed by atoms with Gasteiger partial charge in [-0.2, -0.15) is 0 Å². The van der Waals surface area contributed by atoms with Gasteiger partial charge in [-0.25, -0.2) is 0 Å². The number of thiophene rings is 1. The van der Waals surface area contributed by atoms with E-state index in [4.69, 9.17) is 23.2 Å². The van der Waals surface area contributed by atoms with Crippen LogP contribution in [0.4, 0.5) is 0 Å². The second kappa shape index (κ2) is 5.02. The molecule has 0 radical (unpaired) electrons. The molecule has 0 aliphatic carbocycles. The predicted molar refractivity (Wildman–Crippen MR) is 68.1 cm³/mol. The van der Waals surface area contributed by atoms with E-state index in [0.29, 0.717) is 0 Å². The molecule has 1 atom stereocenters. The molecule has 0 nitrogen and oxygen atoms in total. The van der Waals surface area contributed by atoms with Gasteiger partial charge in [-0.1, -0.05) is 35.9 Å². The highest BCUT2D eigenvalue weighted by atomic mass is 35.5. The molecule has 1 unspecified atom stereocenters. The molecule has 1 heterocycles. The third-order valence-corrected chi connectivity index (χ3v) is 4.08. The summed E-state index contributed by atoms with van der Waals surface area (Å²) in [5.74, 6) is 0. The van der Waals surface area contributed by atoms with Crippen molar-refractivity contribution in [2.75, 3.05) is 0 Å². The van der Waals surface area contributed by atoms with Crippen LogP contribution in [-0.4, -0.2) is 0 Å². The number of hydrogen-bond donors (Lipinski definition) is 0. The van der Waals surface area contributed by atoms with Crippen molar-refractivity contribution >= 4 is 34.5 Å². The van der Waals surface area contributed by atoms with Crippen LogP contribution in [0, 0.1) is 0 Å². The van der Waals surface area contributed by atoms with Gasteiger partial charge >= 0.3 is 0 Å². The van der Waals surface area contributed by atoms with Crippen LogP contribution < -0.4 is 0 Å². The molecule has 0 spiro atoms. The molecule has 0 saturated heterocycles. The summed E-state index contributed by atoms with van der Waals surface area (Å²) >= 11 is 14.1. The van der Waals surface area contributed by atoms with E-state index in [1.165, 1.54) is 4.88 Å². The van der Waals surface area contributed by atoms with Gasteiger partial charge in [0.25, 0.3) is 0 Å². The fourth-order valence-corrected chi connectivity index (χ4v) is 2.74. The predicted octanol–water partition coefficient (Wildman–Crippen LogP) is 4.92. The second-order valence-electron chi connectivity index (χ2n) is 3.28. The first-order valence-corrected chi connectivity index (χ1v) is 6.37. The maximum Gasteiger partial charge on any atom is 0.0719 e. The van der Waals surface area contributed by atoms with Crippen LogP contribution in [-0.2, 0) is 6.42 Å². The van der Waals surface area contributed by atoms with Crippen LogP contribution in [0.3, 0.4) is 0 Å². The summed E-state index contributed by atoms with van der Waals surface area (Å²) < 4.78 is 0. The van der Waals surface area contributed by atoms with Crippen molar-refractivity contribution in [1.29, 1.82) is 0 Å². The van der Waals surface area contributed by atoms with Gasteiger partial charge in [0.05, 0.1) is 5.38 Å². The number of alkyl halides is 1. The summed E-state index contributed by atoms with van der Waals surface area (Å²) in [5.41, 5.74) is 1.10. The van der Waals surface area contributed by atoms with Crippen LogP contribution in [0.2, 0.25) is 5.02 Å². The van der Waals surface area contributed by atoms with Crippen molar-refractivity contribution in [2.45, 2.75) is 11.8 Å². The molecule has 1 aromatic heterocycles. The first-order valence-electron chi connectivity index (χ1n) is 4.68. The molecule has 2 rings (SSSR count). The fourth-order valence-electron chi connectivity index (χ4n) is 1.43. The Morgan fingerprint density at radius 1 is 1.13 bits per heavy atom. The molecular weight excluding hydrogens is 247 g/mol. The molecule has 2 aromatic rings. The summed E-state index contributed by atoms with van der Waals surface area (Å²) in [6, 6.07) is 11.9. The molecule has 0 saturated carbocycles. The quantitative estimate of drug-likeness (QED) is 0.684. The lowest BCUT2D eigenvalue weighted by Gasteiger charge is -2.08. The third-order valence-electron chi connectivity index (χ3n) is 2.21. The van der Waals surface area contributed by atoms with Gasteiger partial charge in [-0.05, 0) is 29.5 Å². The number of benzene rings is 1. The van der Waals surface area contributed by atoms with E-state index < -0.39 is 0 Å². The van der Waals surface area contributed by atoms with E-state index in [1.807, 2.05) is 35.7 Å². The Bertz CT molecular complexity index is 423. The summed E-state index contributed by atoms with van der Waals surface area (Å²) in [6.45, 7) is 0. The molecule has 3 heteroatoms. The molecular formula is C12H10Cl2S. The molecule has 0 amide bonds. The Hall–Kier alpha value is -0.500. The molecule has 1 aromatic carbocycles. The zero-order chi connectivity index (χ0) is 10.7. The van der Waals surface area contributed by atoms with Crippen molar-refractivity contribution < 1.29 is 0 Å². The SMILES string of the molecule is Clc1ccccc1CC(Cl)c1cccs1. The van der Waals surface area contributed by atoms with Gasteiger partial charge in [-0.15, -0.1) is 22.9 Å². The van der Waals surface area contributed by atoms with E-state index in [9.17, 15) is 0 Å². The summed E-state index contributed by atoms with van der Waals surface area (Å²) in [5, 5.41) is 2.85. The van der Waals surface area contributed by atoms with Crippen LogP contribution in [0.15, 0.2) is 41.8 Å².